The number of benzene rings is 2. The fraction of sp³-hybridized carbons (Fsp3) is 0.158. The summed E-state index contributed by atoms with van der Waals surface area (Å²) >= 11 is 0. The first-order valence-electron chi connectivity index (χ1n) is 8.02. The highest BCUT2D eigenvalue weighted by Crippen LogP contribution is 2.41. The number of phenolic OH excluding ortho intramolecular Hbond substituents is 1. The summed E-state index contributed by atoms with van der Waals surface area (Å²) in [6.45, 7) is 0.792. The summed E-state index contributed by atoms with van der Waals surface area (Å²) < 4.78 is 1.96. The number of allylic oxidation sites excluding steroid dienone is 1. The zero-order valence-electron chi connectivity index (χ0n) is 12.9. The van der Waals surface area contributed by atoms with E-state index in [1.807, 2.05) is 28.8 Å². The third kappa shape index (κ3) is 1.75. The molecule has 0 aliphatic carbocycles. The summed E-state index contributed by atoms with van der Waals surface area (Å²) in [7, 11) is 0. The maximum atomic E-state index is 10.6. The van der Waals surface area contributed by atoms with Crippen molar-refractivity contribution < 1.29 is 10.2 Å². The van der Waals surface area contributed by atoms with Gasteiger partial charge in [0.05, 0.1) is 16.4 Å². The number of aromatic nitrogens is 1. The molecule has 2 aliphatic rings. The van der Waals surface area contributed by atoms with E-state index in [0.29, 0.717) is 17.1 Å². The Balaban J connectivity index is 1.84. The average Bonchev–Trinajstić information content (AvgIpc) is 3.15. The van der Waals surface area contributed by atoms with Crippen molar-refractivity contribution in [3.63, 3.8) is 0 Å². The number of aromatic hydroxyl groups is 2. The van der Waals surface area contributed by atoms with Crippen molar-refractivity contribution in [2.75, 3.05) is 0 Å². The summed E-state index contributed by atoms with van der Waals surface area (Å²) in [5.74, 6) is 1.18. The van der Waals surface area contributed by atoms with E-state index in [-0.39, 0.29) is 5.75 Å². The molecular weight excluding hydrogens is 302 g/mol. The van der Waals surface area contributed by atoms with Crippen LogP contribution in [-0.2, 0) is 6.54 Å². The van der Waals surface area contributed by atoms with Crippen LogP contribution in [0.25, 0.3) is 16.3 Å². The highest BCUT2D eigenvalue weighted by molar-refractivity contribution is 5.98. The molecule has 0 radical (unpaired) electrons. The molecule has 0 spiro atoms. The summed E-state index contributed by atoms with van der Waals surface area (Å²) in [5, 5.41) is 23.5. The van der Waals surface area contributed by atoms with Crippen molar-refractivity contribution in [1.29, 1.82) is 0 Å². The van der Waals surface area contributed by atoms with E-state index in [2.05, 4.69) is 9.98 Å². The van der Waals surface area contributed by atoms with Crippen LogP contribution in [0.15, 0.2) is 58.3 Å². The fourth-order valence-corrected chi connectivity index (χ4v) is 3.66. The first-order valence-corrected chi connectivity index (χ1v) is 8.02. The SMILES string of the molecule is Oc1ccc2c(c1)=NC(=C1CCCn3c(O)c4ccccc4c31)N=2. The molecule has 1 aromatic heterocycles. The Labute approximate surface area is 137 Å². The molecule has 0 saturated carbocycles. The standard InChI is InChI=1S/C19H15N3O2/c23-11-7-8-15-16(10-11)21-18(20-15)14-6-3-9-22-17(14)12-4-1-2-5-13(12)19(22)24/h1-2,4-5,7-8,10,23-24H,3,6,9H2. The molecule has 0 fully saturated rings. The van der Waals surface area contributed by atoms with Gasteiger partial charge >= 0.3 is 0 Å². The average molecular weight is 317 g/mol. The van der Waals surface area contributed by atoms with E-state index < -0.39 is 0 Å². The maximum Gasteiger partial charge on any atom is 0.199 e. The van der Waals surface area contributed by atoms with E-state index in [9.17, 15) is 10.2 Å². The molecule has 0 unspecified atom stereocenters. The van der Waals surface area contributed by atoms with Gasteiger partial charge in [0.2, 0.25) is 0 Å². The molecule has 5 nitrogen and oxygen atoms in total. The summed E-state index contributed by atoms with van der Waals surface area (Å²) in [6, 6.07) is 12.9. The van der Waals surface area contributed by atoms with Crippen LogP contribution in [-0.4, -0.2) is 14.8 Å². The Morgan fingerprint density at radius 1 is 0.917 bits per heavy atom. The molecule has 3 aromatic rings. The third-order valence-corrected chi connectivity index (χ3v) is 4.72. The summed E-state index contributed by atoms with van der Waals surface area (Å²) in [4.78, 5) is 9.25. The van der Waals surface area contributed by atoms with Gasteiger partial charge in [-0.05, 0) is 31.0 Å². The Morgan fingerprint density at radius 3 is 2.58 bits per heavy atom. The smallest absolute Gasteiger partial charge is 0.199 e. The van der Waals surface area contributed by atoms with Crippen LogP contribution in [0.1, 0.15) is 18.5 Å². The van der Waals surface area contributed by atoms with Crippen LogP contribution in [0.5, 0.6) is 11.6 Å². The van der Waals surface area contributed by atoms with E-state index in [1.165, 1.54) is 0 Å². The molecule has 5 rings (SSSR count). The minimum atomic E-state index is 0.189. The lowest BCUT2D eigenvalue weighted by Crippen LogP contribution is -2.20. The van der Waals surface area contributed by atoms with Crippen molar-refractivity contribution in [3.8, 4) is 11.6 Å². The summed E-state index contributed by atoms with van der Waals surface area (Å²) in [5.41, 5.74) is 2.06. The Bertz CT molecular complexity index is 1160. The predicted octanol–water partition coefficient (Wildman–Crippen LogP) is 2.47. The number of hydrogen-bond donors (Lipinski definition) is 2. The molecule has 2 aliphatic heterocycles. The van der Waals surface area contributed by atoms with Crippen molar-refractivity contribution in [2.24, 2.45) is 9.98 Å². The lowest BCUT2D eigenvalue weighted by Gasteiger charge is -2.19. The topological polar surface area (TPSA) is 70.1 Å². The van der Waals surface area contributed by atoms with Crippen molar-refractivity contribution >= 4 is 16.3 Å². The molecule has 2 aromatic carbocycles. The molecule has 24 heavy (non-hydrogen) atoms. The minimum absolute atomic E-state index is 0.189. The number of nitrogens with zero attached hydrogens (tertiary/aromatic N) is 3. The van der Waals surface area contributed by atoms with Gasteiger partial charge in [-0.3, -0.25) is 0 Å². The number of hydrogen-bond acceptors (Lipinski definition) is 4. The molecule has 0 bridgehead atoms. The van der Waals surface area contributed by atoms with Crippen molar-refractivity contribution in [3.05, 3.63) is 64.7 Å². The zero-order valence-corrected chi connectivity index (χ0v) is 12.9. The van der Waals surface area contributed by atoms with Gasteiger partial charge in [-0.15, -0.1) is 0 Å². The van der Waals surface area contributed by atoms with Crippen LogP contribution >= 0.6 is 0 Å². The molecule has 0 saturated heterocycles. The van der Waals surface area contributed by atoms with Crippen molar-refractivity contribution in [1.82, 2.24) is 4.57 Å². The van der Waals surface area contributed by atoms with Gasteiger partial charge in [0.1, 0.15) is 5.75 Å². The molecule has 2 N–H and O–H groups in total. The second-order valence-electron chi connectivity index (χ2n) is 6.17. The van der Waals surface area contributed by atoms with Crippen LogP contribution < -0.4 is 10.7 Å². The number of phenols is 1. The number of fused-ring (bicyclic) bond motifs is 4. The molecule has 0 amide bonds. The fourth-order valence-electron chi connectivity index (χ4n) is 3.66. The first kappa shape index (κ1) is 13.4. The van der Waals surface area contributed by atoms with Gasteiger partial charge in [-0.2, -0.15) is 0 Å². The van der Waals surface area contributed by atoms with Gasteiger partial charge in [0.25, 0.3) is 0 Å². The van der Waals surface area contributed by atoms with E-state index >= 15 is 0 Å². The van der Waals surface area contributed by atoms with Crippen LogP contribution in [0, 0.1) is 0 Å². The molecule has 118 valence electrons. The van der Waals surface area contributed by atoms with Gasteiger partial charge in [-0.25, -0.2) is 9.98 Å². The van der Waals surface area contributed by atoms with Crippen LogP contribution in [0.4, 0.5) is 0 Å². The van der Waals surface area contributed by atoms with Crippen LogP contribution in [0.2, 0.25) is 0 Å². The molecule has 5 heteroatoms. The van der Waals surface area contributed by atoms with Gasteiger partial charge in [0, 0.05) is 29.0 Å². The lowest BCUT2D eigenvalue weighted by molar-refractivity contribution is 0.413. The van der Waals surface area contributed by atoms with Gasteiger partial charge < -0.3 is 14.8 Å². The summed E-state index contributed by atoms with van der Waals surface area (Å²) in [6.07, 6.45) is 1.81. The van der Waals surface area contributed by atoms with Gasteiger partial charge in [0.15, 0.2) is 11.7 Å². The highest BCUT2D eigenvalue weighted by atomic mass is 16.3. The van der Waals surface area contributed by atoms with Crippen LogP contribution in [0.3, 0.4) is 0 Å². The van der Waals surface area contributed by atoms with Crippen molar-refractivity contribution in [2.45, 2.75) is 19.4 Å². The van der Waals surface area contributed by atoms with Gasteiger partial charge in [-0.1, -0.05) is 18.2 Å². The third-order valence-electron chi connectivity index (χ3n) is 4.72. The monoisotopic (exact) mass is 317 g/mol. The van der Waals surface area contributed by atoms with E-state index in [1.54, 1.807) is 18.2 Å². The Hall–Kier alpha value is -3.08. The Morgan fingerprint density at radius 2 is 1.71 bits per heavy atom. The first-order chi connectivity index (χ1) is 11.7. The zero-order chi connectivity index (χ0) is 16.3. The second kappa shape index (κ2) is 4.71. The predicted molar refractivity (Wildman–Crippen MR) is 90.2 cm³/mol. The lowest BCUT2D eigenvalue weighted by atomic mass is 10.00. The number of rotatable bonds is 0. The maximum absolute atomic E-state index is 10.6. The van der Waals surface area contributed by atoms with E-state index in [0.717, 1.165) is 46.8 Å². The molecular formula is C19H15N3O2. The molecule has 0 atom stereocenters. The molecule has 3 heterocycles. The minimum Gasteiger partial charge on any atom is -0.508 e. The quantitative estimate of drug-likeness (QED) is 0.669. The normalized spacial score (nSPS) is 18.8. The highest BCUT2D eigenvalue weighted by Gasteiger charge is 2.25. The Kier molecular flexibility index (Phi) is 2.62. The largest absolute Gasteiger partial charge is 0.508 e. The second-order valence-corrected chi connectivity index (χ2v) is 6.17. The van der Waals surface area contributed by atoms with E-state index in [4.69, 9.17) is 0 Å².